The van der Waals surface area contributed by atoms with Crippen molar-refractivity contribution in [2.75, 3.05) is 5.75 Å². The second kappa shape index (κ2) is 7.11. The van der Waals surface area contributed by atoms with E-state index in [-0.39, 0.29) is 5.02 Å². The molecule has 0 spiro atoms. The summed E-state index contributed by atoms with van der Waals surface area (Å²) < 4.78 is 24.0. The van der Waals surface area contributed by atoms with E-state index in [9.17, 15) is 18.0 Å². The highest BCUT2D eigenvalue weighted by atomic mass is 35.5. The molecule has 21 heavy (non-hydrogen) atoms. The van der Waals surface area contributed by atoms with Gasteiger partial charge in [-0.3, -0.25) is 4.79 Å². The third-order valence-corrected chi connectivity index (χ3v) is 4.82. The number of aliphatic carboxylic acids is 1. The van der Waals surface area contributed by atoms with Gasteiger partial charge in [-0.25, -0.2) is 13.2 Å². The SMILES string of the molecule is CC(=O)NC(CS(=O)(=O)Cc1ccc(Cl)c(Cl)c1)C(=O)O. The van der Waals surface area contributed by atoms with Crippen molar-refractivity contribution in [1.82, 2.24) is 5.32 Å². The molecule has 0 aliphatic rings. The average molecular weight is 354 g/mol. The van der Waals surface area contributed by atoms with Crippen LogP contribution in [0.3, 0.4) is 0 Å². The number of carboxylic acid groups (broad SMARTS) is 1. The van der Waals surface area contributed by atoms with Gasteiger partial charge in [-0.15, -0.1) is 0 Å². The van der Waals surface area contributed by atoms with Gasteiger partial charge in [0.05, 0.1) is 21.6 Å². The number of sulfone groups is 1. The Labute approximate surface area is 132 Å². The number of halogens is 2. The Morgan fingerprint density at radius 1 is 1.29 bits per heavy atom. The number of amides is 1. The van der Waals surface area contributed by atoms with Gasteiger partial charge in [-0.1, -0.05) is 29.3 Å². The van der Waals surface area contributed by atoms with Crippen LogP contribution in [0.15, 0.2) is 18.2 Å². The number of nitrogens with one attached hydrogen (secondary N) is 1. The summed E-state index contributed by atoms with van der Waals surface area (Å²) in [5.74, 6) is -3.13. The van der Waals surface area contributed by atoms with Crippen molar-refractivity contribution in [3.63, 3.8) is 0 Å². The molecule has 1 amide bonds. The minimum Gasteiger partial charge on any atom is -0.480 e. The molecule has 2 N–H and O–H groups in total. The highest BCUT2D eigenvalue weighted by Gasteiger charge is 2.26. The quantitative estimate of drug-likeness (QED) is 0.806. The molecule has 0 heterocycles. The molecule has 0 aliphatic carbocycles. The Kier molecular flexibility index (Phi) is 6.00. The second-order valence-corrected chi connectivity index (χ2v) is 7.32. The molecule has 0 saturated carbocycles. The van der Waals surface area contributed by atoms with Gasteiger partial charge in [-0.2, -0.15) is 0 Å². The molecule has 0 aliphatic heterocycles. The first-order chi connectivity index (χ1) is 9.60. The zero-order chi connectivity index (χ0) is 16.2. The second-order valence-electron chi connectivity index (χ2n) is 4.39. The topological polar surface area (TPSA) is 101 Å². The number of hydrogen-bond acceptors (Lipinski definition) is 4. The molecule has 116 valence electrons. The van der Waals surface area contributed by atoms with E-state index < -0.39 is 39.3 Å². The van der Waals surface area contributed by atoms with E-state index in [1.54, 1.807) is 0 Å². The van der Waals surface area contributed by atoms with Crippen LogP contribution in [0, 0.1) is 0 Å². The van der Waals surface area contributed by atoms with Crippen LogP contribution in [0.1, 0.15) is 12.5 Å². The minimum atomic E-state index is -3.75. The summed E-state index contributed by atoms with van der Waals surface area (Å²) in [5.41, 5.74) is 0.386. The lowest BCUT2D eigenvalue weighted by Gasteiger charge is -2.13. The van der Waals surface area contributed by atoms with Gasteiger partial charge in [-0.05, 0) is 17.7 Å². The lowest BCUT2D eigenvalue weighted by molar-refractivity contribution is -0.140. The summed E-state index contributed by atoms with van der Waals surface area (Å²) in [7, 11) is -3.75. The molecule has 0 bridgehead atoms. The van der Waals surface area contributed by atoms with Crippen LogP contribution in [0.25, 0.3) is 0 Å². The van der Waals surface area contributed by atoms with Crippen LogP contribution in [-0.4, -0.2) is 37.2 Å². The first kappa shape index (κ1) is 17.7. The highest BCUT2D eigenvalue weighted by Crippen LogP contribution is 2.23. The van der Waals surface area contributed by atoms with Gasteiger partial charge < -0.3 is 10.4 Å². The Bertz CT molecular complexity index is 660. The van der Waals surface area contributed by atoms with Crippen molar-refractivity contribution in [2.45, 2.75) is 18.7 Å². The fraction of sp³-hybridized carbons (Fsp3) is 0.333. The maximum atomic E-state index is 12.0. The largest absolute Gasteiger partial charge is 0.480 e. The Hall–Kier alpha value is -1.31. The predicted molar refractivity (Wildman–Crippen MR) is 79.2 cm³/mol. The molecular weight excluding hydrogens is 341 g/mol. The third kappa shape index (κ3) is 5.91. The van der Waals surface area contributed by atoms with E-state index in [0.717, 1.165) is 6.92 Å². The van der Waals surface area contributed by atoms with Crippen LogP contribution in [0.4, 0.5) is 0 Å². The summed E-state index contributed by atoms with van der Waals surface area (Å²) >= 11 is 11.5. The monoisotopic (exact) mass is 353 g/mol. The lowest BCUT2D eigenvalue weighted by atomic mass is 10.2. The van der Waals surface area contributed by atoms with Crippen molar-refractivity contribution >= 4 is 44.9 Å². The van der Waals surface area contributed by atoms with Gasteiger partial charge in [0.1, 0.15) is 6.04 Å². The van der Waals surface area contributed by atoms with E-state index in [1.165, 1.54) is 18.2 Å². The predicted octanol–water partition coefficient (Wildman–Crippen LogP) is 1.50. The van der Waals surface area contributed by atoms with E-state index in [1.807, 2.05) is 0 Å². The molecule has 1 aromatic carbocycles. The van der Waals surface area contributed by atoms with Crippen molar-refractivity contribution in [1.29, 1.82) is 0 Å². The van der Waals surface area contributed by atoms with Crippen LogP contribution in [-0.2, 0) is 25.2 Å². The Balaban J connectivity index is 2.87. The standard InChI is InChI=1S/C12H13Cl2NO5S/c1-7(16)15-11(12(17)18)6-21(19,20)5-8-2-3-9(13)10(14)4-8/h2-4,11H,5-6H2,1H3,(H,15,16)(H,17,18). The van der Waals surface area contributed by atoms with E-state index in [4.69, 9.17) is 28.3 Å². The first-order valence-electron chi connectivity index (χ1n) is 5.75. The maximum absolute atomic E-state index is 12.0. The van der Waals surface area contributed by atoms with Gasteiger partial charge >= 0.3 is 5.97 Å². The van der Waals surface area contributed by atoms with Crippen LogP contribution >= 0.6 is 23.2 Å². The van der Waals surface area contributed by atoms with Crippen LogP contribution < -0.4 is 5.32 Å². The molecule has 9 heteroatoms. The van der Waals surface area contributed by atoms with Gasteiger partial charge in [0.15, 0.2) is 9.84 Å². The summed E-state index contributed by atoms with van der Waals surface area (Å²) in [6.45, 7) is 1.11. The number of carboxylic acids is 1. The van der Waals surface area contributed by atoms with Crippen molar-refractivity contribution in [3.05, 3.63) is 33.8 Å². The van der Waals surface area contributed by atoms with Crippen molar-refractivity contribution in [2.24, 2.45) is 0 Å². The number of carbonyl (C=O) groups is 2. The number of benzene rings is 1. The fourth-order valence-corrected chi connectivity index (χ4v) is 3.48. The minimum absolute atomic E-state index is 0.209. The fourth-order valence-electron chi connectivity index (χ4n) is 1.62. The molecule has 1 atom stereocenters. The molecule has 0 fully saturated rings. The van der Waals surface area contributed by atoms with Gasteiger partial charge in [0.25, 0.3) is 0 Å². The Morgan fingerprint density at radius 2 is 1.90 bits per heavy atom. The molecule has 1 aromatic rings. The van der Waals surface area contributed by atoms with E-state index in [2.05, 4.69) is 5.32 Å². The molecule has 0 aromatic heterocycles. The zero-order valence-corrected chi connectivity index (χ0v) is 13.3. The summed E-state index contributed by atoms with van der Waals surface area (Å²) in [6.07, 6.45) is 0. The number of hydrogen-bond donors (Lipinski definition) is 2. The van der Waals surface area contributed by atoms with Gasteiger partial charge in [0, 0.05) is 6.92 Å². The molecule has 0 saturated heterocycles. The third-order valence-electron chi connectivity index (χ3n) is 2.47. The smallest absolute Gasteiger partial charge is 0.327 e. The van der Waals surface area contributed by atoms with Crippen LogP contribution in [0.2, 0.25) is 10.0 Å². The average Bonchev–Trinajstić information content (AvgIpc) is 2.31. The summed E-state index contributed by atoms with van der Waals surface area (Å²) in [5, 5.41) is 11.5. The maximum Gasteiger partial charge on any atom is 0.327 e. The normalized spacial score (nSPS) is 12.7. The molecule has 6 nitrogen and oxygen atoms in total. The van der Waals surface area contributed by atoms with Gasteiger partial charge in [0.2, 0.25) is 5.91 Å². The summed E-state index contributed by atoms with van der Waals surface area (Å²) in [4.78, 5) is 21.8. The van der Waals surface area contributed by atoms with Crippen molar-refractivity contribution in [3.8, 4) is 0 Å². The Morgan fingerprint density at radius 3 is 2.38 bits per heavy atom. The lowest BCUT2D eigenvalue weighted by Crippen LogP contribution is -2.44. The first-order valence-corrected chi connectivity index (χ1v) is 8.32. The van der Waals surface area contributed by atoms with E-state index >= 15 is 0 Å². The number of carbonyl (C=O) groups excluding carboxylic acids is 1. The molecule has 1 rings (SSSR count). The summed E-state index contributed by atoms with van der Waals surface area (Å²) in [6, 6.07) is 2.85. The molecular formula is C12H13Cl2NO5S. The zero-order valence-electron chi connectivity index (χ0n) is 11.0. The number of rotatable bonds is 6. The molecule has 0 radical (unpaired) electrons. The van der Waals surface area contributed by atoms with Crippen molar-refractivity contribution < 1.29 is 23.1 Å². The highest BCUT2D eigenvalue weighted by molar-refractivity contribution is 7.90. The van der Waals surface area contributed by atoms with Crippen LogP contribution in [0.5, 0.6) is 0 Å². The molecule has 1 unspecified atom stereocenters. The van der Waals surface area contributed by atoms with E-state index in [0.29, 0.717) is 10.6 Å².